The molecule has 2 amide bonds. The topological polar surface area (TPSA) is 78.4 Å². The predicted octanol–water partition coefficient (Wildman–Crippen LogP) is 1.41. The van der Waals surface area contributed by atoms with Crippen molar-refractivity contribution in [1.82, 2.24) is 10.6 Å². The second kappa shape index (κ2) is 6.58. The number of halogens is 1. The van der Waals surface area contributed by atoms with Gasteiger partial charge in [0.1, 0.15) is 6.04 Å². The van der Waals surface area contributed by atoms with E-state index in [1.807, 2.05) is 0 Å². The van der Waals surface area contributed by atoms with Crippen LogP contribution in [0, 0.1) is 5.41 Å². The molecule has 0 aliphatic carbocycles. The van der Waals surface area contributed by atoms with Gasteiger partial charge in [0.05, 0.1) is 0 Å². The second-order valence-electron chi connectivity index (χ2n) is 4.58. The van der Waals surface area contributed by atoms with Crippen LogP contribution in [0.1, 0.15) is 27.2 Å². The number of hydrogen-bond donors (Lipinski definition) is 3. The smallest absolute Gasteiger partial charge is 0.326 e. The Morgan fingerprint density at radius 3 is 2.31 bits per heavy atom. The van der Waals surface area contributed by atoms with Crippen molar-refractivity contribution >= 4 is 23.6 Å². The van der Waals surface area contributed by atoms with Crippen LogP contribution in [0.2, 0.25) is 0 Å². The molecule has 0 heterocycles. The standard InChI is InChI=1S/C10H19ClN2O3/c1-10(2,3)7(8(14)15)13-9(16)12-6-4-5-11/h7H,4-6H2,1-3H3,(H,14,15)(H2,12,13,16)/t7-/m1/s1. The van der Waals surface area contributed by atoms with Crippen LogP contribution >= 0.6 is 11.6 Å². The molecule has 0 aromatic carbocycles. The lowest BCUT2D eigenvalue weighted by atomic mass is 9.87. The minimum Gasteiger partial charge on any atom is -0.480 e. The molecule has 0 aromatic heterocycles. The fourth-order valence-electron chi connectivity index (χ4n) is 1.10. The van der Waals surface area contributed by atoms with Crippen molar-refractivity contribution in [2.24, 2.45) is 5.41 Å². The van der Waals surface area contributed by atoms with Crippen molar-refractivity contribution in [3.63, 3.8) is 0 Å². The normalized spacial score (nSPS) is 13.0. The van der Waals surface area contributed by atoms with Gasteiger partial charge >= 0.3 is 12.0 Å². The zero-order chi connectivity index (χ0) is 12.8. The summed E-state index contributed by atoms with van der Waals surface area (Å²) in [5.74, 6) is -0.581. The third-order valence-corrected chi connectivity index (χ3v) is 2.25. The Morgan fingerprint density at radius 2 is 1.94 bits per heavy atom. The number of hydrogen-bond acceptors (Lipinski definition) is 2. The summed E-state index contributed by atoms with van der Waals surface area (Å²) < 4.78 is 0. The van der Waals surface area contributed by atoms with Crippen LogP contribution < -0.4 is 10.6 Å². The first kappa shape index (κ1) is 15.0. The number of urea groups is 1. The maximum absolute atomic E-state index is 11.4. The highest BCUT2D eigenvalue weighted by molar-refractivity contribution is 6.17. The van der Waals surface area contributed by atoms with E-state index < -0.39 is 23.5 Å². The van der Waals surface area contributed by atoms with Crippen molar-refractivity contribution in [3.8, 4) is 0 Å². The number of aliphatic carboxylic acids is 1. The largest absolute Gasteiger partial charge is 0.480 e. The summed E-state index contributed by atoms with van der Waals surface area (Å²) in [6.07, 6.45) is 0.655. The third-order valence-electron chi connectivity index (χ3n) is 1.98. The number of carboxylic acids is 1. The molecule has 0 spiro atoms. The highest BCUT2D eigenvalue weighted by Crippen LogP contribution is 2.19. The average molecular weight is 251 g/mol. The zero-order valence-corrected chi connectivity index (χ0v) is 10.6. The van der Waals surface area contributed by atoms with Crippen molar-refractivity contribution < 1.29 is 14.7 Å². The molecule has 0 saturated heterocycles. The molecule has 0 rings (SSSR count). The SMILES string of the molecule is CC(C)(C)[C@H](NC(=O)NCCCCl)C(=O)O. The summed E-state index contributed by atoms with van der Waals surface area (Å²) in [7, 11) is 0. The van der Waals surface area contributed by atoms with E-state index >= 15 is 0 Å². The second-order valence-corrected chi connectivity index (χ2v) is 4.96. The number of rotatable bonds is 5. The Kier molecular flexibility index (Phi) is 6.18. The Bertz CT molecular complexity index is 251. The first-order chi connectivity index (χ1) is 7.29. The molecule has 0 fully saturated rings. The molecule has 3 N–H and O–H groups in total. The fourth-order valence-corrected chi connectivity index (χ4v) is 1.23. The Hall–Kier alpha value is -0.970. The molecule has 0 aromatic rings. The lowest BCUT2D eigenvalue weighted by Gasteiger charge is -2.27. The summed E-state index contributed by atoms with van der Waals surface area (Å²) >= 11 is 5.45. The molecule has 0 radical (unpaired) electrons. The van der Waals surface area contributed by atoms with Gasteiger partial charge in [-0.2, -0.15) is 0 Å². The quantitative estimate of drug-likeness (QED) is 0.510. The van der Waals surface area contributed by atoms with Gasteiger partial charge in [0.15, 0.2) is 0 Å². The first-order valence-corrected chi connectivity index (χ1v) is 5.65. The Morgan fingerprint density at radius 1 is 1.38 bits per heavy atom. The van der Waals surface area contributed by atoms with Gasteiger partial charge in [-0.25, -0.2) is 9.59 Å². The van der Waals surface area contributed by atoms with Crippen LogP contribution in [0.15, 0.2) is 0 Å². The number of carboxylic acid groups (broad SMARTS) is 1. The molecule has 6 heteroatoms. The molecular weight excluding hydrogens is 232 g/mol. The first-order valence-electron chi connectivity index (χ1n) is 5.12. The van der Waals surface area contributed by atoms with Gasteiger partial charge in [-0.1, -0.05) is 20.8 Å². The van der Waals surface area contributed by atoms with Crippen LogP contribution in [0.5, 0.6) is 0 Å². The zero-order valence-electron chi connectivity index (χ0n) is 9.84. The minimum absolute atomic E-state index is 0.436. The van der Waals surface area contributed by atoms with Crippen LogP contribution in [0.4, 0.5) is 4.79 Å². The molecule has 0 aliphatic heterocycles. The highest BCUT2D eigenvalue weighted by Gasteiger charge is 2.32. The molecule has 5 nitrogen and oxygen atoms in total. The Balaban J connectivity index is 4.21. The van der Waals surface area contributed by atoms with Crippen molar-refractivity contribution in [2.75, 3.05) is 12.4 Å². The van der Waals surface area contributed by atoms with Crippen molar-refractivity contribution in [1.29, 1.82) is 0 Å². The number of nitrogens with one attached hydrogen (secondary N) is 2. The molecule has 16 heavy (non-hydrogen) atoms. The Labute approximate surface area is 101 Å². The lowest BCUT2D eigenvalue weighted by molar-refractivity contribution is -0.141. The molecule has 0 saturated carbocycles. The van der Waals surface area contributed by atoms with Gasteiger partial charge in [0, 0.05) is 12.4 Å². The van der Waals surface area contributed by atoms with E-state index in [9.17, 15) is 9.59 Å². The van der Waals surface area contributed by atoms with E-state index in [1.54, 1.807) is 20.8 Å². The van der Waals surface area contributed by atoms with Gasteiger partial charge in [0.2, 0.25) is 0 Å². The highest BCUT2D eigenvalue weighted by atomic mass is 35.5. The predicted molar refractivity (Wildman–Crippen MR) is 62.8 cm³/mol. The number of carbonyl (C=O) groups excluding carboxylic acids is 1. The summed E-state index contributed by atoms with van der Waals surface area (Å²) in [6.45, 7) is 5.70. The summed E-state index contributed by atoms with van der Waals surface area (Å²) in [5, 5.41) is 13.9. The average Bonchev–Trinajstić information content (AvgIpc) is 2.12. The monoisotopic (exact) mass is 250 g/mol. The molecule has 0 bridgehead atoms. The van der Waals surface area contributed by atoms with Gasteiger partial charge in [0.25, 0.3) is 0 Å². The molecule has 0 unspecified atom stereocenters. The van der Waals surface area contributed by atoms with E-state index in [-0.39, 0.29) is 0 Å². The third kappa shape index (κ3) is 5.80. The van der Waals surface area contributed by atoms with Gasteiger partial charge in [-0.05, 0) is 11.8 Å². The lowest BCUT2D eigenvalue weighted by Crippen LogP contribution is -2.52. The van der Waals surface area contributed by atoms with E-state index in [0.717, 1.165) is 0 Å². The van der Waals surface area contributed by atoms with Crippen LogP contribution in [-0.4, -0.2) is 35.6 Å². The molecule has 0 aliphatic rings. The van der Waals surface area contributed by atoms with E-state index in [2.05, 4.69) is 10.6 Å². The van der Waals surface area contributed by atoms with E-state index in [0.29, 0.717) is 18.8 Å². The van der Waals surface area contributed by atoms with E-state index in [1.165, 1.54) is 0 Å². The van der Waals surface area contributed by atoms with Crippen molar-refractivity contribution in [2.45, 2.75) is 33.2 Å². The molecule has 94 valence electrons. The fraction of sp³-hybridized carbons (Fsp3) is 0.800. The number of amides is 2. The molecular formula is C10H19ClN2O3. The minimum atomic E-state index is -1.04. The van der Waals surface area contributed by atoms with Crippen molar-refractivity contribution in [3.05, 3.63) is 0 Å². The summed E-state index contributed by atoms with van der Waals surface area (Å²) in [6, 6.07) is -1.39. The van der Waals surface area contributed by atoms with Crippen LogP contribution in [0.25, 0.3) is 0 Å². The maximum Gasteiger partial charge on any atom is 0.326 e. The summed E-state index contributed by atoms with van der Waals surface area (Å²) in [4.78, 5) is 22.3. The number of carbonyl (C=O) groups is 2. The summed E-state index contributed by atoms with van der Waals surface area (Å²) in [5.41, 5.74) is -0.532. The van der Waals surface area contributed by atoms with E-state index in [4.69, 9.17) is 16.7 Å². The van der Waals surface area contributed by atoms with Gasteiger partial charge in [-0.3, -0.25) is 0 Å². The number of alkyl halides is 1. The molecule has 1 atom stereocenters. The van der Waals surface area contributed by atoms with Gasteiger partial charge < -0.3 is 15.7 Å². The van der Waals surface area contributed by atoms with Crippen LogP contribution in [0.3, 0.4) is 0 Å². The van der Waals surface area contributed by atoms with Crippen LogP contribution in [-0.2, 0) is 4.79 Å². The maximum atomic E-state index is 11.4. The van der Waals surface area contributed by atoms with Gasteiger partial charge in [-0.15, -0.1) is 11.6 Å².